The molecule has 0 spiro atoms. The number of nitrogens with zero attached hydrogens (tertiary/aromatic N) is 1. The van der Waals surface area contributed by atoms with Crippen LogP contribution in [-0.2, 0) is 27.2 Å². The number of rotatable bonds is 13. The standard InChI is InChI=1S/C22H30ClNO6P2/c1-5-27-31(25,28-6-2)21(18-12-10-9-11-13-18)24-22(19-14-16-20(23)17-15-19)32(26,29-7-3)30-8-4/h9-17,22H,5-8H2,1-4H3/b24-21-. The maximum Gasteiger partial charge on any atom is 0.379 e. The van der Waals surface area contributed by atoms with Crippen LogP contribution in [0.15, 0.2) is 59.6 Å². The third kappa shape index (κ3) is 6.85. The van der Waals surface area contributed by atoms with Crippen LogP contribution in [0.3, 0.4) is 0 Å². The van der Waals surface area contributed by atoms with E-state index >= 15 is 0 Å². The Morgan fingerprint density at radius 3 is 1.78 bits per heavy atom. The fourth-order valence-electron chi connectivity index (χ4n) is 3.01. The van der Waals surface area contributed by atoms with Gasteiger partial charge in [-0.2, -0.15) is 0 Å². The lowest BCUT2D eigenvalue weighted by atomic mass is 10.2. The molecule has 0 fully saturated rings. The van der Waals surface area contributed by atoms with Crippen molar-refractivity contribution < 1.29 is 27.2 Å². The molecule has 0 amide bonds. The molecule has 0 saturated carbocycles. The molecule has 1 atom stereocenters. The van der Waals surface area contributed by atoms with Crippen molar-refractivity contribution in [3.63, 3.8) is 0 Å². The number of hydrogen-bond donors (Lipinski definition) is 0. The average molecular weight is 502 g/mol. The summed E-state index contributed by atoms with van der Waals surface area (Å²) in [6, 6.07) is 15.6. The summed E-state index contributed by atoms with van der Waals surface area (Å²) in [5.74, 6) is -1.11. The molecule has 1 unspecified atom stereocenters. The second-order valence-corrected chi connectivity index (χ2v) is 10.9. The highest BCUT2D eigenvalue weighted by Gasteiger charge is 2.41. The van der Waals surface area contributed by atoms with Crippen LogP contribution >= 0.6 is 26.8 Å². The lowest BCUT2D eigenvalue weighted by molar-refractivity contribution is 0.212. The van der Waals surface area contributed by atoms with E-state index in [-0.39, 0.29) is 31.9 Å². The molecule has 2 aromatic rings. The highest BCUT2D eigenvalue weighted by Crippen LogP contribution is 2.63. The van der Waals surface area contributed by atoms with E-state index in [4.69, 9.17) is 34.7 Å². The Kier molecular flexibility index (Phi) is 10.8. The summed E-state index contributed by atoms with van der Waals surface area (Å²) in [5, 5.41) is 0.511. The number of halogens is 1. The predicted molar refractivity (Wildman–Crippen MR) is 129 cm³/mol. The highest BCUT2D eigenvalue weighted by molar-refractivity contribution is 7.73. The Morgan fingerprint density at radius 1 is 0.812 bits per heavy atom. The average Bonchev–Trinajstić information content (AvgIpc) is 2.76. The SMILES string of the molecule is CCOP(=O)(OCC)/C(=N\C(c1ccc(Cl)cc1)P(=O)(OCC)OCC)c1ccccc1. The summed E-state index contributed by atoms with van der Waals surface area (Å²) in [4.78, 5) is 4.71. The summed E-state index contributed by atoms with van der Waals surface area (Å²) in [6.07, 6.45) is 0. The molecular formula is C22H30ClNO6P2. The molecule has 7 nitrogen and oxygen atoms in total. The lowest BCUT2D eigenvalue weighted by Crippen LogP contribution is -2.13. The topological polar surface area (TPSA) is 83.4 Å². The second kappa shape index (κ2) is 12.8. The van der Waals surface area contributed by atoms with Gasteiger partial charge in [0.25, 0.3) is 0 Å². The zero-order valence-corrected chi connectivity index (χ0v) is 21.3. The van der Waals surface area contributed by atoms with Crippen molar-refractivity contribution in [2.24, 2.45) is 4.99 Å². The van der Waals surface area contributed by atoms with Gasteiger partial charge in [-0.25, -0.2) is 0 Å². The Morgan fingerprint density at radius 2 is 1.31 bits per heavy atom. The van der Waals surface area contributed by atoms with Gasteiger partial charge in [0.05, 0.1) is 26.4 Å². The lowest BCUT2D eigenvalue weighted by Gasteiger charge is -2.26. The van der Waals surface area contributed by atoms with E-state index in [1.54, 1.807) is 76.2 Å². The van der Waals surface area contributed by atoms with Gasteiger partial charge in [-0.1, -0.05) is 54.1 Å². The molecule has 0 saturated heterocycles. The maximum atomic E-state index is 13.9. The molecule has 176 valence electrons. The van der Waals surface area contributed by atoms with Crippen molar-refractivity contribution in [3.8, 4) is 0 Å². The Labute approximate surface area is 195 Å². The molecule has 0 N–H and O–H groups in total. The predicted octanol–water partition coefficient (Wildman–Crippen LogP) is 7.32. The van der Waals surface area contributed by atoms with Gasteiger partial charge in [0.1, 0.15) is 0 Å². The van der Waals surface area contributed by atoms with E-state index in [2.05, 4.69) is 0 Å². The molecule has 0 aliphatic rings. The number of hydrogen-bond acceptors (Lipinski definition) is 7. The zero-order valence-electron chi connectivity index (χ0n) is 18.8. The van der Waals surface area contributed by atoms with Gasteiger partial charge in [0, 0.05) is 10.6 Å². The first-order chi connectivity index (χ1) is 15.3. The van der Waals surface area contributed by atoms with Crippen LogP contribution in [0, 0.1) is 0 Å². The fourth-order valence-corrected chi connectivity index (χ4v) is 6.82. The molecule has 0 aliphatic carbocycles. The van der Waals surface area contributed by atoms with E-state index in [0.717, 1.165) is 0 Å². The van der Waals surface area contributed by atoms with Gasteiger partial charge < -0.3 is 18.1 Å². The van der Waals surface area contributed by atoms with Crippen molar-refractivity contribution in [1.29, 1.82) is 0 Å². The molecule has 0 aliphatic heterocycles. The minimum Gasteiger partial charge on any atom is -0.307 e. The summed E-state index contributed by atoms with van der Waals surface area (Å²) in [5.41, 5.74) is 1.12. The molecule has 0 heterocycles. The summed E-state index contributed by atoms with van der Waals surface area (Å²) >= 11 is 6.06. The quantitative estimate of drug-likeness (QED) is 0.211. The Bertz CT molecular complexity index is 948. The summed E-state index contributed by atoms with van der Waals surface area (Å²) in [7, 11) is -7.66. The monoisotopic (exact) mass is 501 g/mol. The molecule has 10 heteroatoms. The van der Waals surface area contributed by atoms with Crippen molar-refractivity contribution in [2.45, 2.75) is 33.5 Å². The molecule has 2 rings (SSSR count). The van der Waals surface area contributed by atoms with Crippen LogP contribution in [-0.4, -0.2) is 31.9 Å². The maximum absolute atomic E-state index is 13.9. The molecule has 0 aromatic heterocycles. The third-order valence-electron chi connectivity index (χ3n) is 4.22. The van der Waals surface area contributed by atoms with Crippen LogP contribution in [0.2, 0.25) is 5.02 Å². The summed E-state index contributed by atoms with van der Waals surface area (Å²) in [6.45, 7) is 7.45. The summed E-state index contributed by atoms with van der Waals surface area (Å²) < 4.78 is 50.0. The van der Waals surface area contributed by atoms with Crippen LogP contribution < -0.4 is 0 Å². The fraction of sp³-hybridized carbons (Fsp3) is 0.409. The smallest absolute Gasteiger partial charge is 0.307 e. The van der Waals surface area contributed by atoms with Gasteiger partial charge >= 0.3 is 15.2 Å². The van der Waals surface area contributed by atoms with Crippen LogP contribution in [0.5, 0.6) is 0 Å². The largest absolute Gasteiger partial charge is 0.379 e. The van der Waals surface area contributed by atoms with Crippen molar-refractivity contribution in [3.05, 3.63) is 70.7 Å². The van der Waals surface area contributed by atoms with Gasteiger partial charge in [0.15, 0.2) is 11.2 Å². The third-order valence-corrected chi connectivity index (χ3v) is 8.81. The number of aliphatic imine (C=N–C) groups is 1. The van der Waals surface area contributed by atoms with Gasteiger partial charge in [-0.05, 0) is 45.4 Å². The Balaban J connectivity index is 2.81. The minimum atomic E-state index is -3.85. The van der Waals surface area contributed by atoms with Crippen molar-refractivity contribution in [1.82, 2.24) is 0 Å². The first kappa shape index (κ1) is 26.9. The minimum absolute atomic E-state index is 0.0568. The second-order valence-electron chi connectivity index (χ2n) is 6.45. The van der Waals surface area contributed by atoms with Crippen molar-refractivity contribution >= 4 is 32.2 Å². The zero-order chi connectivity index (χ0) is 23.6. The highest BCUT2D eigenvalue weighted by atomic mass is 35.5. The van der Waals surface area contributed by atoms with Gasteiger partial charge in [0.2, 0.25) is 0 Å². The normalized spacial score (nSPS) is 13.8. The molecule has 2 aromatic carbocycles. The number of benzene rings is 2. The van der Waals surface area contributed by atoms with E-state index in [1.807, 2.05) is 6.07 Å². The van der Waals surface area contributed by atoms with Crippen LogP contribution in [0.1, 0.15) is 44.6 Å². The Hall–Kier alpha value is -1.30. The van der Waals surface area contributed by atoms with E-state index in [9.17, 15) is 9.13 Å². The molecule has 0 radical (unpaired) electrons. The van der Waals surface area contributed by atoms with E-state index in [1.165, 1.54) is 0 Å². The van der Waals surface area contributed by atoms with Gasteiger partial charge in [-0.3, -0.25) is 14.1 Å². The molecular weight excluding hydrogens is 472 g/mol. The van der Waals surface area contributed by atoms with Crippen LogP contribution in [0.25, 0.3) is 0 Å². The van der Waals surface area contributed by atoms with Crippen molar-refractivity contribution in [2.75, 3.05) is 26.4 Å². The first-order valence-electron chi connectivity index (χ1n) is 10.5. The van der Waals surface area contributed by atoms with E-state index in [0.29, 0.717) is 16.1 Å². The first-order valence-corrected chi connectivity index (χ1v) is 14.0. The van der Waals surface area contributed by atoms with Crippen LogP contribution in [0.4, 0.5) is 0 Å². The molecule has 0 bridgehead atoms. The molecule has 32 heavy (non-hydrogen) atoms. The van der Waals surface area contributed by atoms with E-state index < -0.39 is 21.0 Å². The van der Waals surface area contributed by atoms with Gasteiger partial charge in [-0.15, -0.1) is 0 Å².